The second-order valence-electron chi connectivity index (χ2n) is 7.33. The number of fused-ring (bicyclic) bond motifs is 1. The van der Waals surface area contributed by atoms with E-state index in [9.17, 15) is 4.79 Å². The molecule has 7 heteroatoms. The van der Waals surface area contributed by atoms with Crippen LogP contribution in [0.25, 0.3) is 16.9 Å². The van der Waals surface area contributed by atoms with Gasteiger partial charge in [0.1, 0.15) is 11.3 Å². The highest BCUT2D eigenvalue weighted by Crippen LogP contribution is 2.27. The number of aryl methyl sites for hydroxylation is 1. The molecule has 0 bridgehead atoms. The number of nitrogens with one attached hydrogen (secondary N) is 1. The van der Waals surface area contributed by atoms with Crippen LogP contribution in [0.2, 0.25) is 0 Å². The number of nitrogens with zero attached hydrogens (tertiary/aromatic N) is 3. The van der Waals surface area contributed by atoms with E-state index in [2.05, 4.69) is 10.3 Å². The number of amides is 1. The van der Waals surface area contributed by atoms with Gasteiger partial charge in [0.15, 0.2) is 17.1 Å². The smallest absolute Gasteiger partial charge is 0.220 e. The molecule has 1 N–H and O–H groups in total. The number of para-hydroxylation sites is 1. The monoisotopic (exact) mass is 430 g/mol. The van der Waals surface area contributed by atoms with E-state index in [0.717, 1.165) is 28.2 Å². The number of carbonyl (C=O) groups excluding carboxylic acids is 1. The third kappa shape index (κ3) is 4.72. The van der Waals surface area contributed by atoms with Crippen LogP contribution >= 0.6 is 0 Å². The van der Waals surface area contributed by atoms with Crippen LogP contribution in [0.15, 0.2) is 66.9 Å². The molecule has 2 aromatic heterocycles. The molecule has 0 saturated carbocycles. The summed E-state index contributed by atoms with van der Waals surface area (Å²) in [7, 11) is 3.22. The maximum Gasteiger partial charge on any atom is 0.220 e. The van der Waals surface area contributed by atoms with Gasteiger partial charge in [0.25, 0.3) is 0 Å². The van der Waals surface area contributed by atoms with Crippen molar-refractivity contribution in [2.75, 3.05) is 20.8 Å². The third-order valence-corrected chi connectivity index (χ3v) is 5.26. The summed E-state index contributed by atoms with van der Waals surface area (Å²) in [6.07, 6.45) is 3.34. The Morgan fingerprint density at radius 2 is 1.78 bits per heavy atom. The fourth-order valence-electron chi connectivity index (χ4n) is 3.67. The summed E-state index contributed by atoms with van der Waals surface area (Å²) in [6.45, 7) is 0.547. The van der Waals surface area contributed by atoms with Gasteiger partial charge >= 0.3 is 0 Å². The number of carbonyl (C=O) groups is 1. The van der Waals surface area contributed by atoms with Crippen molar-refractivity contribution in [2.24, 2.45) is 0 Å². The Morgan fingerprint density at radius 3 is 2.56 bits per heavy atom. The minimum Gasteiger partial charge on any atom is -0.493 e. The van der Waals surface area contributed by atoms with E-state index < -0.39 is 0 Å². The quantitative estimate of drug-likeness (QED) is 0.438. The zero-order valence-corrected chi connectivity index (χ0v) is 18.2. The molecule has 2 heterocycles. The highest BCUT2D eigenvalue weighted by Gasteiger charge is 2.14. The van der Waals surface area contributed by atoms with Crippen LogP contribution in [0.3, 0.4) is 0 Å². The highest BCUT2D eigenvalue weighted by atomic mass is 16.5. The number of pyridine rings is 1. The number of hydrogen-bond donors (Lipinski definition) is 1. The molecule has 1 amide bonds. The molecule has 32 heavy (non-hydrogen) atoms. The van der Waals surface area contributed by atoms with Crippen LogP contribution in [0.4, 0.5) is 0 Å². The van der Waals surface area contributed by atoms with Crippen molar-refractivity contribution in [1.29, 1.82) is 0 Å². The summed E-state index contributed by atoms with van der Waals surface area (Å²) in [5, 5.41) is 3.00. The van der Waals surface area contributed by atoms with Gasteiger partial charge in [0, 0.05) is 31.3 Å². The first-order chi connectivity index (χ1) is 15.7. The molecule has 0 aliphatic carbocycles. The van der Waals surface area contributed by atoms with Crippen molar-refractivity contribution in [3.63, 3.8) is 0 Å². The number of imidazole rings is 1. The summed E-state index contributed by atoms with van der Waals surface area (Å²) in [6, 6.07) is 19.6. The minimum absolute atomic E-state index is 0.00916. The molecule has 164 valence electrons. The van der Waals surface area contributed by atoms with E-state index in [-0.39, 0.29) is 5.91 Å². The number of benzene rings is 2. The second-order valence-corrected chi connectivity index (χ2v) is 7.33. The summed E-state index contributed by atoms with van der Waals surface area (Å²) in [5.74, 6) is 2.19. The maximum atomic E-state index is 12.5. The predicted octanol–water partition coefficient (Wildman–Crippen LogP) is 3.73. The molecule has 4 aromatic rings. The highest BCUT2D eigenvalue weighted by molar-refractivity contribution is 5.77. The van der Waals surface area contributed by atoms with Crippen molar-refractivity contribution in [2.45, 2.75) is 19.3 Å². The van der Waals surface area contributed by atoms with Gasteiger partial charge in [-0.1, -0.05) is 24.3 Å². The average molecular weight is 431 g/mol. The molecule has 0 fully saturated rings. The van der Waals surface area contributed by atoms with Gasteiger partial charge in [0.05, 0.1) is 14.2 Å². The van der Waals surface area contributed by atoms with Crippen LogP contribution in [0, 0.1) is 0 Å². The third-order valence-electron chi connectivity index (χ3n) is 5.26. The van der Waals surface area contributed by atoms with Crippen molar-refractivity contribution in [3.8, 4) is 17.2 Å². The fraction of sp³-hybridized carbons (Fsp3) is 0.240. The summed E-state index contributed by atoms with van der Waals surface area (Å²) in [5.41, 5.74) is 3.67. The molecule has 0 aliphatic heterocycles. The lowest BCUT2D eigenvalue weighted by molar-refractivity contribution is -0.121. The summed E-state index contributed by atoms with van der Waals surface area (Å²) < 4.78 is 12.6. The maximum absolute atomic E-state index is 12.5. The van der Waals surface area contributed by atoms with Crippen LogP contribution in [-0.2, 0) is 17.6 Å². The largest absolute Gasteiger partial charge is 0.493 e. The Kier molecular flexibility index (Phi) is 6.65. The molecular formula is C25H26N4O3. The molecule has 0 saturated heterocycles. The number of rotatable bonds is 9. The van der Waals surface area contributed by atoms with E-state index in [4.69, 9.17) is 14.5 Å². The lowest BCUT2D eigenvalue weighted by atomic mass is 10.1. The number of hydrogen-bond acceptors (Lipinski definition) is 5. The SMILES string of the molecule is COc1ccc(CCNC(=O)CCc2nc3cccnc3n2-c2ccccc2)cc1OC. The number of ether oxygens (including phenoxy) is 2. The van der Waals surface area contributed by atoms with Gasteiger partial charge in [-0.2, -0.15) is 0 Å². The number of methoxy groups -OCH3 is 2. The number of aromatic nitrogens is 3. The van der Waals surface area contributed by atoms with Gasteiger partial charge in [-0.15, -0.1) is 0 Å². The first-order valence-corrected chi connectivity index (χ1v) is 10.5. The molecular weight excluding hydrogens is 404 g/mol. The normalized spacial score (nSPS) is 10.8. The standard InChI is InChI=1S/C25H26N4O3/c1-31-21-11-10-18(17-22(21)32-2)14-16-26-24(30)13-12-23-28-20-9-6-15-27-25(20)29(23)19-7-4-3-5-8-19/h3-11,15,17H,12-14,16H2,1-2H3,(H,26,30). The van der Waals surface area contributed by atoms with E-state index in [1.54, 1.807) is 20.4 Å². The van der Waals surface area contributed by atoms with Gasteiger partial charge in [0.2, 0.25) is 5.91 Å². The summed E-state index contributed by atoms with van der Waals surface area (Å²) in [4.78, 5) is 21.7. The second kappa shape index (κ2) is 9.96. The van der Waals surface area contributed by atoms with Crippen LogP contribution < -0.4 is 14.8 Å². The molecule has 0 atom stereocenters. The van der Waals surface area contributed by atoms with E-state index in [1.165, 1.54) is 0 Å². The Bertz CT molecular complexity index is 1200. The molecule has 0 radical (unpaired) electrons. The lowest BCUT2D eigenvalue weighted by Gasteiger charge is -2.10. The molecule has 2 aromatic carbocycles. The van der Waals surface area contributed by atoms with Crippen LogP contribution in [-0.4, -0.2) is 41.2 Å². The molecule has 0 aliphatic rings. The van der Waals surface area contributed by atoms with Gasteiger partial charge in [-0.3, -0.25) is 9.36 Å². The molecule has 0 spiro atoms. The average Bonchev–Trinajstić information content (AvgIpc) is 3.21. The predicted molar refractivity (Wildman–Crippen MR) is 123 cm³/mol. The van der Waals surface area contributed by atoms with Gasteiger partial charge in [-0.25, -0.2) is 9.97 Å². The van der Waals surface area contributed by atoms with Gasteiger partial charge in [-0.05, 0) is 48.4 Å². The summed E-state index contributed by atoms with van der Waals surface area (Å²) >= 11 is 0. The topological polar surface area (TPSA) is 78.3 Å². The molecule has 4 rings (SSSR count). The van der Waals surface area contributed by atoms with Crippen molar-refractivity contribution in [3.05, 3.63) is 78.2 Å². The Labute approximate surface area is 187 Å². The van der Waals surface area contributed by atoms with Gasteiger partial charge < -0.3 is 14.8 Å². The van der Waals surface area contributed by atoms with E-state index >= 15 is 0 Å². The zero-order valence-electron chi connectivity index (χ0n) is 18.2. The Hall–Kier alpha value is -3.87. The van der Waals surface area contributed by atoms with E-state index in [0.29, 0.717) is 37.3 Å². The van der Waals surface area contributed by atoms with Crippen LogP contribution in [0.5, 0.6) is 11.5 Å². The molecule has 0 unspecified atom stereocenters. The van der Waals surface area contributed by atoms with E-state index in [1.807, 2.05) is 65.2 Å². The Balaban J connectivity index is 1.38. The Morgan fingerprint density at radius 1 is 0.969 bits per heavy atom. The van der Waals surface area contributed by atoms with Crippen molar-refractivity contribution in [1.82, 2.24) is 19.9 Å². The minimum atomic E-state index is -0.00916. The van der Waals surface area contributed by atoms with Crippen LogP contribution in [0.1, 0.15) is 17.8 Å². The zero-order chi connectivity index (χ0) is 22.3. The fourth-order valence-corrected chi connectivity index (χ4v) is 3.67. The lowest BCUT2D eigenvalue weighted by Crippen LogP contribution is -2.26. The van der Waals surface area contributed by atoms with Crippen molar-refractivity contribution >= 4 is 17.1 Å². The van der Waals surface area contributed by atoms with Crippen molar-refractivity contribution < 1.29 is 14.3 Å². The first-order valence-electron chi connectivity index (χ1n) is 10.5. The molecule has 7 nitrogen and oxygen atoms in total. The first kappa shape index (κ1) is 21.4.